The van der Waals surface area contributed by atoms with E-state index in [0.29, 0.717) is 5.92 Å². The molecule has 1 aliphatic carbocycles. The molecule has 17 heavy (non-hydrogen) atoms. The smallest absolute Gasteiger partial charge is 0.252 e. The van der Waals surface area contributed by atoms with Gasteiger partial charge < -0.3 is 4.90 Å². The zero-order valence-corrected chi connectivity index (χ0v) is 10.1. The first-order valence-corrected chi connectivity index (χ1v) is 6.69. The molecule has 1 aromatic heterocycles. The molecule has 0 unspecified atom stereocenters. The fourth-order valence-electron chi connectivity index (χ4n) is 2.48. The summed E-state index contributed by atoms with van der Waals surface area (Å²) in [6.07, 6.45) is 7.38. The van der Waals surface area contributed by atoms with E-state index in [1.54, 1.807) is 6.07 Å². The fraction of sp³-hybridized carbons (Fsp3) is 0.692. The third-order valence-electron chi connectivity index (χ3n) is 3.65. The van der Waals surface area contributed by atoms with Crippen LogP contribution in [0.3, 0.4) is 0 Å². The molecule has 2 fully saturated rings. The molecule has 3 rings (SSSR count). The Kier molecular flexibility index (Phi) is 2.87. The predicted octanol–water partition coefficient (Wildman–Crippen LogP) is 2.03. The van der Waals surface area contributed by atoms with E-state index in [1.165, 1.54) is 38.5 Å². The summed E-state index contributed by atoms with van der Waals surface area (Å²) < 4.78 is 0. The van der Waals surface area contributed by atoms with Crippen molar-refractivity contribution in [2.45, 2.75) is 44.4 Å². The van der Waals surface area contributed by atoms with E-state index in [9.17, 15) is 4.79 Å². The van der Waals surface area contributed by atoms with Crippen molar-refractivity contribution in [2.24, 2.45) is 0 Å². The SMILES string of the molecule is O=c1cc(C2CC2)nc(N2CCCCCC2)[nH]1. The van der Waals surface area contributed by atoms with Crippen molar-refractivity contribution < 1.29 is 0 Å². The van der Waals surface area contributed by atoms with Gasteiger partial charge in [0, 0.05) is 25.1 Å². The first-order valence-electron chi connectivity index (χ1n) is 6.69. The lowest BCUT2D eigenvalue weighted by atomic mass is 10.2. The molecule has 2 heterocycles. The first-order chi connectivity index (χ1) is 8.33. The minimum absolute atomic E-state index is 0.00106. The number of anilines is 1. The van der Waals surface area contributed by atoms with Crippen LogP contribution < -0.4 is 10.5 Å². The maximum Gasteiger partial charge on any atom is 0.252 e. The minimum atomic E-state index is 0.00106. The maximum atomic E-state index is 11.6. The van der Waals surface area contributed by atoms with Gasteiger partial charge in [-0.2, -0.15) is 0 Å². The highest BCUT2D eigenvalue weighted by Crippen LogP contribution is 2.38. The summed E-state index contributed by atoms with van der Waals surface area (Å²) >= 11 is 0. The highest BCUT2D eigenvalue weighted by molar-refractivity contribution is 5.32. The highest BCUT2D eigenvalue weighted by Gasteiger charge is 2.26. The standard InChI is InChI=1S/C13H19N3O/c17-12-9-11(10-5-6-10)14-13(15-12)16-7-3-1-2-4-8-16/h9-10H,1-8H2,(H,14,15,17). The Bertz CT molecular complexity index is 442. The Hall–Kier alpha value is -1.32. The monoisotopic (exact) mass is 233 g/mol. The van der Waals surface area contributed by atoms with Crippen LogP contribution in [-0.4, -0.2) is 23.1 Å². The molecule has 0 aromatic carbocycles. The van der Waals surface area contributed by atoms with Crippen molar-refractivity contribution in [3.05, 3.63) is 22.1 Å². The second-order valence-electron chi connectivity index (χ2n) is 5.17. The molecular formula is C13H19N3O. The van der Waals surface area contributed by atoms with Gasteiger partial charge in [-0.1, -0.05) is 12.8 Å². The number of H-pyrrole nitrogens is 1. The number of hydrogen-bond acceptors (Lipinski definition) is 3. The third-order valence-corrected chi connectivity index (χ3v) is 3.65. The van der Waals surface area contributed by atoms with Gasteiger partial charge in [0.2, 0.25) is 5.95 Å². The predicted molar refractivity (Wildman–Crippen MR) is 67.5 cm³/mol. The number of hydrogen-bond donors (Lipinski definition) is 1. The van der Waals surface area contributed by atoms with Crippen LogP contribution in [0.2, 0.25) is 0 Å². The highest BCUT2D eigenvalue weighted by atomic mass is 16.1. The van der Waals surface area contributed by atoms with Crippen molar-refractivity contribution in [2.75, 3.05) is 18.0 Å². The van der Waals surface area contributed by atoms with E-state index in [4.69, 9.17) is 0 Å². The molecule has 4 nitrogen and oxygen atoms in total. The summed E-state index contributed by atoms with van der Waals surface area (Å²) in [5.74, 6) is 1.34. The van der Waals surface area contributed by atoms with Gasteiger partial charge in [0.05, 0.1) is 5.69 Å². The topological polar surface area (TPSA) is 49.0 Å². The van der Waals surface area contributed by atoms with Crippen molar-refractivity contribution in [3.8, 4) is 0 Å². The van der Waals surface area contributed by atoms with Crippen LogP contribution >= 0.6 is 0 Å². The number of aromatic amines is 1. The Labute approximate surface area is 101 Å². The molecular weight excluding hydrogens is 214 g/mol. The molecule has 1 aliphatic heterocycles. The lowest BCUT2D eigenvalue weighted by Gasteiger charge is -2.20. The molecule has 0 atom stereocenters. The van der Waals surface area contributed by atoms with Gasteiger partial charge >= 0.3 is 0 Å². The summed E-state index contributed by atoms with van der Waals surface area (Å²) in [6, 6.07) is 1.67. The van der Waals surface area contributed by atoms with Crippen LogP contribution in [-0.2, 0) is 0 Å². The average molecular weight is 233 g/mol. The molecule has 1 N–H and O–H groups in total. The number of nitrogens with one attached hydrogen (secondary N) is 1. The zero-order chi connectivity index (χ0) is 11.7. The van der Waals surface area contributed by atoms with Crippen molar-refractivity contribution in [1.29, 1.82) is 0 Å². The molecule has 0 radical (unpaired) electrons. The summed E-state index contributed by atoms with van der Waals surface area (Å²) in [6.45, 7) is 2.05. The van der Waals surface area contributed by atoms with Gasteiger partial charge in [0.1, 0.15) is 0 Å². The first kappa shape index (κ1) is 10.8. The number of aromatic nitrogens is 2. The Balaban J connectivity index is 1.87. The zero-order valence-electron chi connectivity index (χ0n) is 10.1. The quantitative estimate of drug-likeness (QED) is 0.850. The van der Waals surface area contributed by atoms with Gasteiger partial charge in [-0.25, -0.2) is 4.98 Å². The van der Waals surface area contributed by atoms with E-state index >= 15 is 0 Å². The maximum absolute atomic E-state index is 11.6. The van der Waals surface area contributed by atoms with Gasteiger partial charge in [0.25, 0.3) is 5.56 Å². The van der Waals surface area contributed by atoms with Gasteiger partial charge in [-0.3, -0.25) is 9.78 Å². The number of nitrogens with zero attached hydrogens (tertiary/aromatic N) is 2. The molecule has 4 heteroatoms. The van der Waals surface area contributed by atoms with E-state index in [2.05, 4.69) is 14.9 Å². The van der Waals surface area contributed by atoms with Crippen LogP contribution in [0, 0.1) is 0 Å². The molecule has 0 amide bonds. The van der Waals surface area contributed by atoms with E-state index in [-0.39, 0.29) is 5.56 Å². The lowest BCUT2D eigenvalue weighted by Crippen LogP contribution is -2.28. The van der Waals surface area contributed by atoms with Crippen molar-refractivity contribution >= 4 is 5.95 Å². The third kappa shape index (κ3) is 2.51. The molecule has 1 saturated carbocycles. The van der Waals surface area contributed by atoms with Crippen molar-refractivity contribution in [1.82, 2.24) is 9.97 Å². The summed E-state index contributed by atoms with van der Waals surface area (Å²) in [7, 11) is 0. The van der Waals surface area contributed by atoms with Crippen LogP contribution in [0.5, 0.6) is 0 Å². The molecule has 1 saturated heterocycles. The van der Waals surface area contributed by atoms with Crippen LogP contribution in [0.4, 0.5) is 5.95 Å². The summed E-state index contributed by atoms with van der Waals surface area (Å²) in [4.78, 5) is 21.4. The Morgan fingerprint density at radius 1 is 1.18 bits per heavy atom. The van der Waals surface area contributed by atoms with Gasteiger partial charge in [-0.15, -0.1) is 0 Å². The van der Waals surface area contributed by atoms with E-state index in [1.807, 2.05) is 0 Å². The molecule has 92 valence electrons. The van der Waals surface area contributed by atoms with Gasteiger partial charge in [-0.05, 0) is 25.7 Å². The Morgan fingerprint density at radius 3 is 2.53 bits per heavy atom. The van der Waals surface area contributed by atoms with E-state index < -0.39 is 0 Å². The Morgan fingerprint density at radius 2 is 1.88 bits per heavy atom. The normalized spacial score (nSPS) is 21.3. The minimum Gasteiger partial charge on any atom is -0.342 e. The fourth-order valence-corrected chi connectivity index (χ4v) is 2.48. The van der Waals surface area contributed by atoms with Crippen LogP contribution in [0.25, 0.3) is 0 Å². The number of rotatable bonds is 2. The largest absolute Gasteiger partial charge is 0.342 e. The van der Waals surface area contributed by atoms with E-state index in [0.717, 1.165) is 24.7 Å². The molecule has 0 spiro atoms. The van der Waals surface area contributed by atoms with Crippen molar-refractivity contribution in [3.63, 3.8) is 0 Å². The average Bonchev–Trinajstić information content (AvgIpc) is 3.16. The molecule has 0 bridgehead atoms. The summed E-state index contributed by atoms with van der Waals surface area (Å²) in [5.41, 5.74) is 0.995. The van der Waals surface area contributed by atoms with Gasteiger partial charge in [0.15, 0.2) is 0 Å². The summed E-state index contributed by atoms with van der Waals surface area (Å²) in [5, 5.41) is 0. The second kappa shape index (κ2) is 4.51. The van der Waals surface area contributed by atoms with Crippen LogP contribution in [0.15, 0.2) is 10.9 Å². The second-order valence-corrected chi connectivity index (χ2v) is 5.17. The molecule has 1 aromatic rings. The van der Waals surface area contributed by atoms with Crippen LogP contribution in [0.1, 0.15) is 50.1 Å². The lowest BCUT2D eigenvalue weighted by molar-refractivity contribution is 0.726. The molecule has 2 aliphatic rings.